The molecule has 0 saturated heterocycles. The molecule has 19 heavy (non-hydrogen) atoms. The van der Waals surface area contributed by atoms with Crippen LogP contribution in [0.15, 0.2) is 55.1 Å². The van der Waals surface area contributed by atoms with E-state index in [9.17, 15) is 4.79 Å². The summed E-state index contributed by atoms with van der Waals surface area (Å²) in [4.78, 5) is 12.3. The summed E-state index contributed by atoms with van der Waals surface area (Å²) in [5.74, 6) is -0.0324. The van der Waals surface area contributed by atoms with Gasteiger partial charge in [-0.25, -0.2) is 0 Å². The van der Waals surface area contributed by atoms with E-state index in [0.717, 1.165) is 12.0 Å². The zero-order valence-electron chi connectivity index (χ0n) is 10.6. The number of amides is 1. The van der Waals surface area contributed by atoms with Crippen LogP contribution in [0.2, 0.25) is 0 Å². The molecule has 0 bridgehead atoms. The molecule has 0 radical (unpaired) electrons. The minimum atomic E-state index is -0.0324. The Bertz CT molecular complexity index is 645. The maximum absolute atomic E-state index is 12.3. The first kappa shape index (κ1) is 11.7. The maximum Gasteiger partial charge on any atom is 0.252 e. The van der Waals surface area contributed by atoms with E-state index in [2.05, 4.69) is 24.0 Å². The monoisotopic (exact) mass is 249 g/mol. The van der Waals surface area contributed by atoms with Gasteiger partial charge in [-0.1, -0.05) is 55.1 Å². The fraction of sp³-hybridized carbons (Fsp3) is 0.118. The molecule has 1 unspecified atom stereocenters. The van der Waals surface area contributed by atoms with Crippen molar-refractivity contribution >= 4 is 12.0 Å². The number of carbonyl (C=O) groups is 1. The molecule has 3 rings (SSSR count). The molecule has 0 aromatic heterocycles. The predicted octanol–water partition coefficient (Wildman–Crippen LogP) is 3.36. The highest BCUT2D eigenvalue weighted by molar-refractivity contribution is 5.98. The van der Waals surface area contributed by atoms with Gasteiger partial charge in [0.15, 0.2) is 0 Å². The van der Waals surface area contributed by atoms with Gasteiger partial charge in [-0.3, -0.25) is 4.79 Å². The summed E-state index contributed by atoms with van der Waals surface area (Å²) in [6.45, 7) is 3.74. The lowest BCUT2D eigenvalue weighted by Crippen LogP contribution is -2.35. The normalized spacial score (nSPS) is 16.1. The van der Waals surface area contributed by atoms with Crippen molar-refractivity contribution in [3.05, 3.63) is 77.4 Å². The van der Waals surface area contributed by atoms with E-state index in [4.69, 9.17) is 0 Å². The third-order valence-corrected chi connectivity index (χ3v) is 3.59. The largest absolute Gasteiger partial charge is 0.345 e. The van der Waals surface area contributed by atoms with Crippen molar-refractivity contribution in [3.63, 3.8) is 0 Å². The summed E-state index contributed by atoms with van der Waals surface area (Å²) in [5.41, 5.74) is 4.10. The van der Waals surface area contributed by atoms with Crippen molar-refractivity contribution in [1.82, 2.24) is 5.32 Å². The van der Waals surface area contributed by atoms with E-state index in [1.54, 1.807) is 6.08 Å². The highest BCUT2D eigenvalue weighted by Crippen LogP contribution is 2.32. The Kier molecular flexibility index (Phi) is 2.92. The first-order chi connectivity index (χ1) is 9.29. The second kappa shape index (κ2) is 4.73. The second-order valence-electron chi connectivity index (χ2n) is 4.72. The zero-order valence-corrected chi connectivity index (χ0v) is 10.6. The molecule has 2 aromatic carbocycles. The minimum absolute atomic E-state index is 0.0324. The number of fused-ring (bicyclic) bond motifs is 1. The highest BCUT2D eigenvalue weighted by atomic mass is 16.1. The number of hydrogen-bond donors (Lipinski definition) is 1. The van der Waals surface area contributed by atoms with Crippen molar-refractivity contribution in [2.24, 2.45) is 0 Å². The smallest absolute Gasteiger partial charge is 0.252 e. The molecule has 0 aliphatic heterocycles. The van der Waals surface area contributed by atoms with Gasteiger partial charge in [0, 0.05) is 5.56 Å². The molecule has 1 amide bonds. The van der Waals surface area contributed by atoms with Crippen LogP contribution in [0, 0.1) is 0 Å². The molecule has 1 N–H and O–H groups in total. The van der Waals surface area contributed by atoms with Crippen LogP contribution in [0.4, 0.5) is 0 Å². The van der Waals surface area contributed by atoms with Gasteiger partial charge in [0.05, 0.1) is 6.04 Å². The van der Waals surface area contributed by atoms with Crippen LogP contribution in [0.1, 0.15) is 33.1 Å². The first-order valence-corrected chi connectivity index (χ1v) is 6.39. The number of benzene rings is 2. The molecule has 1 aliphatic carbocycles. The summed E-state index contributed by atoms with van der Waals surface area (Å²) in [6, 6.07) is 15.9. The first-order valence-electron chi connectivity index (χ1n) is 6.39. The van der Waals surface area contributed by atoms with E-state index in [0.29, 0.717) is 5.56 Å². The van der Waals surface area contributed by atoms with Crippen LogP contribution in [0.25, 0.3) is 6.08 Å². The fourth-order valence-corrected chi connectivity index (χ4v) is 2.51. The molecule has 0 spiro atoms. The molecule has 0 fully saturated rings. The van der Waals surface area contributed by atoms with Crippen LogP contribution in [0.3, 0.4) is 0 Å². The van der Waals surface area contributed by atoms with Gasteiger partial charge in [-0.15, -0.1) is 0 Å². The Labute approximate surface area is 112 Å². The quantitative estimate of drug-likeness (QED) is 0.888. The van der Waals surface area contributed by atoms with Gasteiger partial charge in [-0.05, 0) is 29.2 Å². The molecule has 1 atom stereocenters. The van der Waals surface area contributed by atoms with Crippen LogP contribution in [-0.4, -0.2) is 5.91 Å². The molecular weight excluding hydrogens is 234 g/mol. The molecule has 0 saturated carbocycles. The van der Waals surface area contributed by atoms with Crippen molar-refractivity contribution in [2.45, 2.75) is 12.5 Å². The summed E-state index contributed by atoms with van der Waals surface area (Å²) < 4.78 is 0. The molecule has 2 heteroatoms. The Morgan fingerprint density at radius 3 is 2.68 bits per heavy atom. The summed E-state index contributed by atoms with van der Waals surface area (Å²) in [6.07, 6.45) is 2.63. The van der Waals surface area contributed by atoms with E-state index in [1.165, 1.54) is 11.1 Å². The average molecular weight is 249 g/mol. The van der Waals surface area contributed by atoms with Gasteiger partial charge >= 0.3 is 0 Å². The van der Waals surface area contributed by atoms with E-state index in [-0.39, 0.29) is 11.9 Å². The topological polar surface area (TPSA) is 29.1 Å². The van der Waals surface area contributed by atoms with Gasteiger partial charge in [0.25, 0.3) is 5.91 Å². The fourth-order valence-electron chi connectivity index (χ4n) is 2.51. The van der Waals surface area contributed by atoms with Crippen molar-refractivity contribution in [2.75, 3.05) is 0 Å². The van der Waals surface area contributed by atoms with Crippen LogP contribution in [0.5, 0.6) is 0 Å². The van der Waals surface area contributed by atoms with Crippen molar-refractivity contribution in [3.8, 4) is 0 Å². The SMILES string of the molecule is C=Cc1ccccc1C(=O)NC1Cc2ccccc21. The molecule has 2 aromatic rings. The molecule has 1 aliphatic rings. The molecule has 2 nitrogen and oxygen atoms in total. The summed E-state index contributed by atoms with van der Waals surface area (Å²) in [5, 5.41) is 3.08. The second-order valence-corrected chi connectivity index (χ2v) is 4.72. The molecular formula is C17H15NO. The third kappa shape index (κ3) is 2.06. The molecule has 94 valence electrons. The number of carbonyl (C=O) groups excluding carboxylic acids is 1. The predicted molar refractivity (Wildman–Crippen MR) is 76.9 cm³/mol. The van der Waals surface area contributed by atoms with Gasteiger partial charge in [0.1, 0.15) is 0 Å². The number of nitrogens with one attached hydrogen (secondary N) is 1. The van der Waals surface area contributed by atoms with Crippen molar-refractivity contribution < 1.29 is 4.79 Å². The van der Waals surface area contributed by atoms with E-state index < -0.39 is 0 Å². The lowest BCUT2D eigenvalue weighted by atomic mass is 9.83. The summed E-state index contributed by atoms with van der Waals surface area (Å²) >= 11 is 0. The maximum atomic E-state index is 12.3. The third-order valence-electron chi connectivity index (χ3n) is 3.59. The number of hydrogen-bond acceptors (Lipinski definition) is 1. The highest BCUT2D eigenvalue weighted by Gasteiger charge is 2.27. The van der Waals surface area contributed by atoms with Gasteiger partial charge < -0.3 is 5.32 Å². The Morgan fingerprint density at radius 1 is 1.16 bits per heavy atom. The standard InChI is InChI=1S/C17H15NO/c1-2-12-7-3-6-10-15(12)17(19)18-16-11-13-8-4-5-9-14(13)16/h2-10,16H,1,11H2,(H,18,19). The molecule has 0 heterocycles. The average Bonchev–Trinajstić information content (AvgIpc) is 2.44. The minimum Gasteiger partial charge on any atom is -0.345 e. The van der Waals surface area contributed by atoms with Crippen LogP contribution < -0.4 is 5.32 Å². The van der Waals surface area contributed by atoms with Gasteiger partial charge in [0.2, 0.25) is 0 Å². The summed E-state index contributed by atoms with van der Waals surface area (Å²) in [7, 11) is 0. The van der Waals surface area contributed by atoms with E-state index >= 15 is 0 Å². The Morgan fingerprint density at radius 2 is 1.89 bits per heavy atom. The lowest BCUT2D eigenvalue weighted by Gasteiger charge is -2.30. The lowest BCUT2D eigenvalue weighted by molar-refractivity contribution is 0.0931. The van der Waals surface area contributed by atoms with Crippen LogP contribution >= 0.6 is 0 Å². The zero-order chi connectivity index (χ0) is 13.2. The Hall–Kier alpha value is -2.35. The Balaban J connectivity index is 1.79. The van der Waals surface area contributed by atoms with E-state index in [1.807, 2.05) is 36.4 Å². The van der Waals surface area contributed by atoms with Crippen molar-refractivity contribution in [1.29, 1.82) is 0 Å². The number of rotatable bonds is 3. The van der Waals surface area contributed by atoms with Crippen LogP contribution in [-0.2, 0) is 6.42 Å². The van der Waals surface area contributed by atoms with Gasteiger partial charge in [-0.2, -0.15) is 0 Å².